The molecule has 0 aliphatic rings. The second kappa shape index (κ2) is 11.8. The lowest BCUT2D eigenvalue weighted by Gasteiger charge is -2.16. The second-order valence-electron chi connectivity index (χ2n) is 6.06. The summed E-state index contributed by atoms with van der Waals surface area (Å²) < 4.78 is 2.07. The zero-order valence-electron chi connectivity index (χ0n) is 14.4. The van der Waals surface area contributed by atoms with E-state index in [1.165, 1.54) is 56.9 Å². The number of hydrogen-bond acceptors (Lipinski definition) is 2. The molecule has 1 heterocycles. The molecule has 0 fully saturated rings. The predicted molar refractivity (Wildman–Crippen MR) is 91.5 cm³/mol. The van der Waals surface area contributed by atoms with Gasteiger partial charge in [-0.1, -0.05) is 65.7 Å². The molecule has 1 N–H and O–H groups in total. The number of rotatable bonds is 13. The molecule has 3 heteroatoms. The van der Waals surface area contributed by atoms with Crippen LogP contribution in [0.15, 0.2) is 12.4 Å². The normalized spacial score (nSPS) is 12.7. The maximum absolute atomic E-state index is 4.46. The molecule has 1 rings (SSSR count). The number of nitrogens with zero attached hydrogens (tertiary/aromatic N) is 2. The topological polar surface area (TPSA) is 29.9 Å². The van der Waals surface area contributed by atoms with Gasteiger partial charge in [-0.25, -0.2) is 0 Å². The molecule has 0 saturated heterocycles. The SMILES string of the molecule is CCCCCCCCCC(NCC)c1cnn(CCC)c1. The van der Waals surface area contributed by atoms with Crippen molar-refractivity contribution < 1.29 is 0 Å². The first kappa shape index (κ1) is 18.2. The molecule has 1 aromatic rings. The van der Waals surface area contributed by atoms with Crippen LogP contribution < -0.4 is 5.32 Å². The molecule has 21 heavy (non-hydrogen) atoms. The molecule has 1 atom stereocenters. The second-order valence-corrected chi connectivity index (χ2v) is 6.06. The van der Waals surface area contributed by atoms with Gasteiger partial charge in [-0.05, 0) is 19.4 Å². The maximum atomic E-state index is 4.46. The Labute approximate surface area is 131 Å². The van der Waals surface area contributed by atoms with Crippen molar-refractivity contribution in [2.45, 2.75) is 91.1 Å². The van der Waals surface area contributed by atoms with Crippen LogP contribution in [0, 0.1) is 0 Å². The van der Waals surface area contributed by atoms with Crippen LogP contribution in [0.1, 0.15) is 90.2 Å². The highest BCUT2D eigenvalue weighted by atomic mass is 15.3. The average molecular weight is 293 g/mol. The predicted octanol–water partition coefficient (Wildman–Crippen LogP) is 5.08. The minimum atomic E-state index is 0.483. The molecule has 0 saturated carbocycles. The van der Waals surface area contributed by atoms with Gasteiger partial charge in [0.05, 0.1) is 6.20 Å². The Balaban J connectivity index is 2.28. The average Bonchev–Trinajstić information content (AvgIpc) is 2.94. The number of hydrogen-bond donors (Lipinski definition) is 1. The molecular weight excluding hydrogens is 258 g/mol. The van der Waals surface area contributed by atoms with Crippen LogP contribution in [-0.4, -0.2) is 16.3 Å². The fourth-order valence-corrected chi connectivity index (χ4v) is 2.85. The standard InChI is InChI=1S/C18H35N3/c1-4-7-8-9-10-11-12-13-18(19-6-3)17-15-20-21(16-17)14-5-2/h15-16,18-19H,4-14H2,1-3H3. The highest BCUT2D eigenvalue weighted by Gasteiger charge is 2.12. The van der Waals surface area contributed by atoms with Crippen LogP contribution in [-0.2, 0) is 6.54 Å². The maximum Gasteiger partial charge on any atom is 0.0537 e. The summed E-state index contributed by atoms with van der Waals surface area (Å²) in [7, 11) is 0. The minimum Gasteiger partial charge on any atom is -0.310 e. The van der Waals surface area contributed by atoms with E-state index in [0.717, 1.165) is 19.5 Å². The molecule has 0 aliphatic carbocycles. The van der Waals surface area contributed by atoms with E-state index in [-0.39, 0.29) is 0 Å². The molecule has 0 radical (unpaired) electrons. The van der Waals surface area contributed by atoms with E-state index in [0.29, 0.717) is 6.04 Å². The van der Waals surface area contributed by atoms with Gasteiger partial charge in [0.1, 0.15) is 0 Å². The Morgan fingerprint density at radius 1 is 1.00 bits per heavy atom. The van der Waals surface area contributed by atoms with Gasteiger partial charge in [0, 0.05) is 24.3 Å². The summed E-state index contributed by atoms with van der Waals surface area (Å²) in [6.07, 6.45) is 16.3. The zero-order valence-corrected chi connectivity index (χ0v) is 14.4. The van der Waals surface area contributed by atoms with Gasteiger partial charge >= 0.3 is 0 Å². The summed E-state index contributed by atoms with van der Waals surface area (Å²) in [6.45, 7) is 8.71. The molecule has 0 aromatic carbocycles. The van der Waals surface area contributed by atoms with Gasteiger partial charge in [-0.2, -0.15) is 5.10 Å². The van der Waals surface area contributed by atoms with E-state index < -0.39 is 0 Å². The number of unbranched alkanes of at least 4 members (excludes halogenated alkanes) is 6. The smallest absolute Gasteiger partial charge is 0.0537 e. The van der Waals surface area contributed by atoms with Crippen LogP contribution in [0.4, 0.5) is 0 Å². The van der Waals surface area contributed by atoms with Gasteiger partial charge in [0.25, 0.3) is 0 Å². The highest BCUT2D eigenvalue weighted by molar-refractivity contribution is 5.10. The first-order valence-electron chi connectivity index (χ1n) is 9.07. The van der Waals surface area contributed by atoms with Crippen molar-refractivity contribution in [3.63, 3.8) is 0 Å². The van der Waals surface area contributed by atoms with Gasteiger partial charge in [-0.15, -0.1) is 0 Å². The van der Waals surface area contributed by atoms with Crippen LogP contribution in [0.5, 0.6) is 0 Å². The van der Waals surface area contributed by atoms with E-state index in [1.807, 2.05) is 6.20 Å². The number of aryl methyl sites for hydroxylation is 1. The monoisotopic (exact) mass is 293 g/mol. The Hall–Kier alpha value is -0.830. The van der Waals surface area contributed by atoms with Gasteiger partial charge in [-0.3, -0.25) is 4.68 Å². The molecule has 0 bridgehead atoms. The van der Waals surface area contributed by atoms with Crippen molar-refractivity contribution in [3.05, 3.63) is 18.0 Å². The molecular formula is C18H35N3. The molecule has 1 unspecified atom stereocenters. The Kier molecular flexibility index (Phi) is 10.2. The third-order valence-electron chi connectivity index (χ3n) is 4.06. The van der Waals surface area contributed by atoms with Gasteiger partial charge in [0.15, 0.2) is 0 Å². The molecule has 3 nitrogen and oxygen atoms in total. The summed E-state index contributed by atoms with van der Waals surface area (Å²) in [5.41, 5.74) is 1.36. The van der Waals surface area contributed by atoms with E-state index in [2.05, 4.69) is 42.1 Å². The minimum absolute atomic E-state index is 0.483. The zero-order chi connectivity index (χ0) is 15.3. The third kappa shape index (κ3) is 7.66. The summed E-state index contributed by atoms with van der Waals surface area (Å²) >= 11 is 0. The van der Waals surface area contributed by atoms with Crippen molar-refractivity contribution in [1.29, 1.82) is 0 Å². The van der Waals surface area contributed by atoms with Gasteiger partial charge < -0.3 is 5.32 Å². The molecule has 1 aromatic heterocycles. The summed E-state index contributed by atoms with van der Waals surface area (Å²) in [4.78, 5) is 0. The van der Waals surface area contributed by atoms with Crippen LogP contribution in [0.25, 0.3) is 0 Å². The quantitative estimate of drug-likeness (QED) is 0.514. The lowest BCUT2D eigenvalue weighted by molar-refractivity contribution is 0.475. The van der Waals surface area contributed by atoms with Crippen LogP contribution >= 0.6 is 0 Å². The number of nitrogens with one attached hydrogen (secondary N) is 1. The Morgan fingerprint density at radius 3 is 2.38 bits per heavy atom. The van der Waals surface area contributed by atoms with Crippen LogP contribution in [0.3, 0.4) is 0 Å². The summed E-state index contributed by atoms with van der Waals surface area (Å²) in [6, 6.07) is 0.483. The van der Waals surface area contributed by atoms with E-state index in [4.69, 9.17) is 0 Å². The largest absolute Gasteiger partial charge is 0.310 e. The molecule has 0 amide bonds. The first-order valence-corrected chi connectivity index (χ1v) is 9.07. The molecule has 122 valence electrons. The Bertz CT molecular complexity index is 346. The fourth-order valence-electron chi connectivity index (χ4n) is 2.85. The third-order valence-corrected chi connectivity index (χ3v) is 4.06. The van der Waals surface area contributed by atoms with Crippen molar-refractivity contribution >= 4 is 0 Å². The highest BCUT2D eigenvalue weighted by Crippen LogP contribution is 2.20. The lowest BCUT2D eigenvalue weighted by Crippen LogP contribution is -2.20. The van der Waals surface area contributed by atoms with Crippen molar-refractivity contribution in [2.75, 3.05) is 6.54 Å². The summed E-state index contributed by atoms with van der Waals surface area (Å²) in [5, 5.41) is 8.08. The molecule has 0 spiro atoms. The molecule has 0 aliphatic heterocycles. The van der Waals surface area contributed by atoms with Crippen LogP contribution in [0.2, 0.25) is 0 Å². The van der Waals surface area contributed by atoms with E-state index >= 15 is 0 Å². The first-order chi connectivity index (χ1) is 10.3. The lowest BCUT2D eigenvalue weighted by atomic mass is 10.0. The van der Waals surface area contributed by atoms with Crippen molar-refractivity contribution in [3.8, 4) is 0 Å². The van der Waals surface area contributed by atoms with Gasteiger partial charge in [0.2, 0.25) is 0 Å². The number of aromatic nitrogens is 2. The van der Waals surface area contributed by atoms with Crippen molar-refractivity contribution in [2.24, 2.45) is 0 Å². The van der Waals surface area contributed by atoms with E-state index in [1.54, 1.807) is 0 Å². The Morgan fingerprint density at radius 2 is 1.71 bits per heavy atom. The summed E-state index contributed by atoms with van der Waals surface area (Å²) in [5.74, 6) is 0. The van der Waals surface area contributed by atoms with Crippen molar-refractivity contribution in [1.82, 2.24) is 15.1 Å². The van der Waals surface area contributed by atoms with E-state index in [9.17, 15) is 0 Å². The fraction of sp³-hybridized carbons (Fsp3) is 0.833.